The first-order valence-corrected chi connectivity index (χ1v) is 9.21. The third kappa shape index (κ3) is 4.94. The summed E-state index contributed by atoms with van der Waals surface area (Å²) in [6.07, 6.45) is 3.68. The van der Waals surface area contributed by atoms with Gasteiger partial charge in [-0.05, 0) is 75.3 Å². The van der Waals surface area contributed by atoms with Gasteiger partial charge in [0.1, 0.15) is 11.5 Å². The van der Waals surface area contributed by atoms with Gasteiger partial charge in [0, 0.05) is 17.8 Å². The molecular weight excluding hydrogens is 330 g/mol. The van der Waals surface area contributed by atoms with E-state index in [4.69, 9.17) is 17.0 Å². The van der Waals surface area contributed by atoms with Gasteiger partial charge in [0.25, 0.3) is 0 Å². The number of para-hydroxylation sites is 1. The molecule has 5 heteroatoms. The molecule has 2 atom stereocenters. The summed E-state index contributed by atoms with van der Waals surface area (Å²) in [5, 5.41) is 6.12. The van der Waals surface area contributed by atoms with Crippen molar-refractivity contribution >= 4 is 23.0 Å². The molecule has 25 heavy (non-hydrogen) atoms. The molecule has 132 valence electrons. The fraction of sp³-hybridized carbons (Fsp3) is 0.350. The Balaban J connectivity index is 1.55. The van der Waals surface area contributed by atoms with E-state index < -0.39 is 0 Å². The summed E-state index contributed by atoms with van der Waals surface area (Å²) >= 11 is 5.47. The minimum Gasteiger partial charge on any atom is -0.457 e. The molecule has 0 aromatic heterocycles. The molecule has 1 heterocycles. The lowest BCUT2D eigenvalue weighted by Crippen LogP contribution is -2.55. The minimum absolute atomic E-state index is 0.491. The van der Waals surface area contributed by atoms with Crippen molar-refractivity contribution in [3.05, 3.63) is 54.6 Å². The van der Waals surface area contributed by atoms with Crippen LogP contribution in [0.1, 0.15) is 33.1 Å². The Morgan fingerprint density at radius 3 is 2.20 bits per heavy atom. The number of benzene rings is 2. The average molecular weight is 356 g/mol. The summed E-state index contributed by atoms with van der Waals surface area (Å²) in [4.78, 5) is 0. The third-order valence-electron chi connectivity index (χ3n) is 4.52. The smallest absolute Gasteiger partial charge is 0.185 e. The highest BCUT2D eigenvalue weighted by atomic mass is 32.1. The first-order chi connectivity index (χ1) is 12.1. The summed E-state index contributed by atoms with van der Waals surface area (Å²) in [7, 11) is 0. The fourth-order valence-electron chi connectivity index (χ4n) is 3.15. The highest BCUT2D eigenvalue weighted by molar-refractivity contribution is 7.80. The Kier molecular flexibility index (Phi) is 5.89. The van der Waals surface area contributed by atoms with Crippen LogP contribution in [0.3, 0.4) is 0 Å². The van der Waals surface area contributed by atoms with Crippen LogP contribution in [0, 0.1) is 0 Å². The summed E-state index contributed by atoms with van der Waals surface area (Å²) in [6, 6.07) is 18.5. The Hall–Kier alpha value is -2.11. The van der Waals surface area contributed by atoms with Crippen LogP contribution < -0.4 is 15.5 Å². The first-order valence-electron chi connectivity index (χ1n) is 8.81. The van der Waals surface area contributed by atoms with E-state index in [2.05, 4.69) is 29.6 Å². The van der Waals surface area contributed by atoms with E-state index >= 15 is 0 Å². The standard InChI is InChI=1S/C20H25N3OS/c1-15-7-6-8-16(2)23(15)22-20(25)21-17-11-13-19(14-12-17)24-18-9-4-3-5-10-18/h3-5,9-16H,6-8H2,1-2H3,(H2,21,22,25)/t15-,16-/m0/s1. The number of thiocarbonyl (C=S) groups is 1. The maximum absolute atomic E-state index is 5.80. The molecule has 2 N–H and O–H groups in total. The number of nitrogens with zero attached hydrogens (tertiary/aromatic N) is 1. The molecule has 4 nitrogen and oxygen atoms in total. The molecule has 2 aromatic carbocycles. The average Bonchev–Trinajstić information content (AvgIpc) is 2.61. The quantitative estimate of drug-likeness (QED) is 0.760. The largest absolute Gasteiger partial charge is 0.457 e. The van der Waals surface area contributed by atoms with Crippen LogP contribution in [0.5, 0.6) is 11.5 Å². The van der Waals surface area contributed by atoms with Gasteiger partial charge in [-0.1, -0.05) is 24.6 Å². The van der Waals surface area contributed by atoms with Crippen molar-refractivity contribution in [1.29, 1.82) is 0 Å². The molecule has 0 saturated carbocycles. The molecule has 0 radical (unpaired) electrons. The number of rotatable bonds is 4. The van der Waals surface area contributed by atoms with Crippen LogP contribution in [-0.2, 0) is 0 Å². The van der Waals surface area contributed by atoms with E-state index in [0.717, 1.165) is 17.2 Å². The third-order valence-corrected chi connectivity index (χ3v) is 4.71. The number of hydrogen-bond acceptors (Lipinski definition) is 3. The molecule has 0 unspecified atom stereocenters. The number of ether oxygens (including phenoxy) is 1. The van der Waals surface area contributed by atoms with Gasteiger partial charge < -0.3 is 10.1 Å². The Labute approximate surface area is 155 Å². The first kappa shape index (κ1) is 17.7. The summed E-state index contributed by atoms with van der Waals surface area (Å²) in [6.45, 7) is 4.47. The minimum atomic E-state index is 0.491. The van der Waals surface area contributed by atoms with E-state index in [1.807, 2.05) is 54.6 Å². The van der Waals surface area contributed by atoms with E-state index in [-0.39, 0.29) is 0 Å². The van der Waals surface area contributed by atoms with Gasteiger partial charge in [-0.25, -0.2) is 5.01 Å². The highest BCUT2D eigenvalue weighted by Crippen LogP contribution is 2.23. The Bertz CT molecular complexity index is 680. The second-order valence-electron chi connectivity index (χ2n) is 6.54. The monoisotopic (exact) mass is 355 g/mol. The van der Waals surface area contributed by atoms with Crippen molar-refractivity contribution < 1.29 is 4.74 Å². The number of anilines is 1. The predicted molar refractivity (Wildman–Crippen MR) is 107 cm³/mol. The molecule has 1 aliphatic heterocycles. The maximum Gasteiger partial charge on any atom is 0.185 e. The van der Waals surface area contributed by atoms with Gasteiger partial charge in [-0.2, -0.15) is 0 Å². The van der Waals surface area contributed by atoms with Gasteiger partial charge >= 0.3 is 0 Å². The van der Waals surface area contributed by atoms with E-state index in [1.54, 1.807) is 0 Å². The number of nitrogens with one attached hydrogen (secondary N) is 2. The zero-order valence-electron chi connectivity index (χ0n) is 14.7. The van der Waals surface area contributed by atoms with Crippen molar-refractivity contribution in [3.63, 3.8) is 0 Å². The molecule has 1 saturated heterocycles. The van der Waals surface area contributed by atoms with Gasteiger partial charge in [-0.15, -0.1) is 0 Å². The lowest BCUT2D eigenvalue weighted by atomic mass is 10.00. The van der Waals surface area contributed by atoms with Crippen LogP contribution in [0.25, 0.3) is 0 Å². The maximum atomic E-state index is 5.80. The van der Waals surface area contributed by atoms with E-state index in [1.165, 1.54) is 19.3 Å². The molecule has 1 fully saturated rings. The zero-order chi connectivity index (χ0) is 17.6. The van der Waals surface area contributed by atoms with E-state index in [9.17, 15) is 0 Å². The molecular formula is C20H25N3OS. The van der Waals surface area contributed by atoms with Gasteiger partial charge in [-0.3, -0.25) is 5.43 Å². The van der Waals surface area contributed by atoms with Crippen LogP contribution >= 0.6 is 12.2 Å². The summed E-state index contributed by atoms with van der Waals surface area (Å²) in [5.41, 5.74) is 4.28. The zero-order valence-corrected chi connectivity index (χ0v) is 15.6. The van der Waals surface area contributed by atoms with Crippen molar-refractivity contribution in [2.75, 3.05) is 5.32 Å². The highest BCUT2D eigenvalue weighted by Gasteiger charge is 2.25. The van der Waals surface area contributed by atoms with Gasteiger partial charge in [0.2, 0.25) is 0 Å². The SMILES string of the molecule is C[C@H]1CCC[C@H](C)N1NC(=S)Nc1ccc(Oc2ccccc2)cc1. The van der Waals surface area contributed by atoms with Crippen molar-refractivity contribution in [1.82, 2.24) is 10.4 Å². The lowest BCUT2D eigenvalue weighted by Gasteiger charge is -2.39. The Morgan fingerprint density at radius 2 is 1.56 bits per heavy atom. The number of hydrazine groups is 1. The van der Waals surface area contributed by atoms with Crippen LogP contribution in [0.2, 0.25) is 0 Å². The van der Waals surface area contributed by atoms with Crippen LogP contribution in [0.15, 0.2) is 54.6 Å². The fourth-order valence-corrected chi connectivity index (χ4v) is 3.37. The molecule has 0 spiro atoms. The van der Waals surface area contributed by atoms with Crippen molar-refractivity contribution in [2.24, 2.45) is 0 Å². The second kappa shape index (κ2) is 8.32. The molecule has 3 rings (SSSR count). The number of hydrogen-bond donors (Lipinski definition) is 2. The van der Waals surface area contributed by atoms with Crippen molar-refractivity contribution in [2.45, 2.75) is 45.2 Å². The normalized spacial score (nSPS) is 20.7. The predicted octanol–water partition coefficient (Wildman–Crippen LogP) is 4.94. The van der Waals surface area contributed by atoms with E-state index in [0.29, 0.717) is 17.2 Å². The van der Waals surface area contributed by atoms with Crippen LogP contribution in [-0.4, -0.2) is 22.2 Å². The van der Waals surface area contributed by atoms with Crippen molar-refractivity contribution in [3.8, 4) is 11.5 Å². The molecule has 1 aliphatic rings. The molecule has 0 aliphatic carbocycles. The van der Waals surface area contributed by atoms with Gasteiger partial charge in [0.05, 0.1) is 0 Å². The number of piperidine rings is 1. The Morgan fingerprint density at radius 1 is 0.960 bits per heavy atom. The van der Waals surface area contributed by atoms with Gasteiger partial charge in [0.15, 0.2) is 5.11 Å². The summed E-state index contributed by atoms with van der Waals surface area (Å²) in [5.74, 6) is 1.63. The molecule has 0 amide bonds. The molecule has 0 bridgehead atoms. The molecule has 2 aromatic rings. The lowest BCUT2D eigenvalue weighted by molar-refractivity contribution is 0.0750. The summed E-state index contributed by atoms with van der Waals surface area (Å²) < 4.78 is 5.80. The topological polar surface area (TPSA) is 36.5 Å². The van der Waals surface area contributed by atoms with Crippen LogP contribution in [0.4, 0.5) is 5.69 Å². The second-order valence-corrected chi connectivity index (χ2v) is 6.95.